The van der Waals surface area contributed by atoms with Gasteiger partial charge >= 0.3 is 0 Å². The van der Waals surface area contributed by atoms with Gasteiger partial charge in [-0.05, 0) is 44.0 Å². The van der Waals surface area contributed by atoms with Crippen molar-refractivity contribution < 1.29 is 9.53 Å². The summed E-state index contributed by atoms with van der Waals surface area (Å²) in [7, 11) is 0. The minimum Gasteiger partial charge on any atom is -0.373 e. The van der Waals surface area contributed by atoms with Crippen molar-refractivity contribution in [1.29, 1.82) is 0 Å². The summed E-state index contributed by atoms with van der Waals surface area (Å²) < 4.78 is 7.40. The van der Waals surface area contributed by atoms with E-state index >= 15 is 0 Å². The summed E-state index contributed by atoms with van der Waals surface area (Å²) in [6, 6.07) is 17.9. The molecule has 0 spiro atoms. The number of hydrogen-bond acceptors (Lipinski definition) is 4. The lowest BCUT2D eigenvalue weighted by molar-refractivity contribution is -0.0704. The molecule has 1 amide bonds. The van der Waals surface area contributed by atoms with Gasteiger partial charge < -0.3 is 10.1 Å². The van der Waals surface area contributed by atoms with Crippen molar-refractivity contribution in [3.8, 4) is 5.69 Å². The van der Waals surface area contributed by atoms with Gasteiger partial charge in [0.2, 0.25) is 0 Å². The van der Waals surface area contributed by atoms with Crippen LogP contribution in [0.1, 0.15) is 41.0 Å². The Morgan fingerprint density at radius 3 is 2.34 bits per heavy atom. The number of carbonyl (C=O) groups excluding carboxylic acids is 1. The number of carbonyl (C=O) groups is 1. The van der Waals surface area contributed by atoms with Crippen LogP contribution in [0.25, 0.3) is 5.69 Å². The number of amides is 1. The van der Waals surface area contributed by atoms with Crippen LogP contribution < -0.4 is 5.32 Å². The predicted octanol–water partition coefficient (Wildman–Crippen LogP) is 4.37. The Hall–Kier alpha value is -2.67. The fourth-order valence-corrected chi connectivity index (χ4v) is 4.56. The molecule has 2 aromatic carbocycles. The first kappa shape index (κ1) is 22.5. The summed E-state index contributed by atoms with van der Waals surface area (Å²) >= 11 is 6.50. The first-order chi connectivity index (χ1) is 15.4. The van der Waals surface area contributed by atoms with E-state index < -0.39 is 0 Å². The molecule has 0 aliphatic carbocycles. The topological polar surface area (TPSA) is 59.4 Å². The Balaban J connectivity index is 1.37. The van der Waals surface area contributed by atoms with Gasteiger partial charge in [-0.2, -0.15) is 5.10 Å². The third kappa shape index (κ3) is 5.21. The number of aryl methyl sites for hydroxylation is 1. The zero-order valence-corrected chi connectivity index (χ0v) is 19.5. The zero-order chi connectivity index (χ0) is 22.7. The van der Waals surface area contributed by atoms with Crippen molar-refractivity contribution in [1.82, 2.24) is 20.0 Å². The minimum atomic E-state index is -0.227. The van der Waals surface area contributed by atoms with Crippen LogP contribution in [0.3, 0.4) is 0 Å². The summed E-state index contributed by atoms with van der Waals surface area (Å²) in [5.74, 6) is -0.227. The second kappa shape index (κ2) is 9.86. The number of hydrogen-bond donors (Lipinski definition) is 1. The maximum atomic E-state index is 12.8. The Bertz CT molecular complexity index is 1060. The standard InChI is InChI=1S/C25H29ClN4O2/c1-17-14-29(15-18(2)32-17)16-21-11-9-20(10-12-21)13-27-25(31)23-19(3)28-30(24(23)26)22-7-5-4-6-8-22/h4-12,17-18H,13-16H2,1-3H3,(H,27,31). The van der Waals surface area contributed by atoms with Crippen LogP contribution >= 0.6 is 11.6 Å². The van der Waals surface area contributed by atoms with Crippen molar-refractivity contribution in [2.24, 2.45) is 0 Å². The van der Waals surface area contributed by atoms with E-state index in [4.69, 9.17) is 16.3 Å². The third-order valence-electron chi connectivity index (χ3n) is 5.61. The van der Waals surface area contributed by atoms with Crippen LogP contribution in [0.4, 0.5) is 0 Å². The highest BCUT2D eigenvalue weighted by atomic mass is 35.5. The minimum absolute atomic E-state index is 0.227. The molecule has 1 aliphatic rings. The predicted molar refractivity (Wildman–Crippen MR) is 126 cm³/mol. The first-order valence-electron chi connectivity index (χ1n) is 10.9. The average molecular weight is 453 g/mol. The van der Waals surface area contributed by atoms with Gasteiger partial charge in [-0.25, -0.2) is 4.68 Å². The van der Waals surface area contributed by atoms with Crippen LogP contribution in [-0.4, -0.2) is 45.9 Å². The molecule has 6 nitrogen and oxygen atoms in total. The largest absolute Gasteiger partial charge is 0.373 e. The third-order valence-corrected chi connectivity index (χ3v) is 5.96. The molecule has 168 valence electrons. The molecule has 1 aromatic heterocycles. The fraction of sp³-hybridized carbons (Fsp3) is 0.360. The number of morpholine rings is 1. The Labute approximate surface area is 194 Å². The molecule has 1 N–H and O–H groups in total. The molecule has 1 saturated heterocycles. The van der Waals surface area contributed by atoms with Gasteiger partial charge in [-0.3, -0.25) is 9.69 Å². The monoisotopic (exact) mass is 452 g/mol. The van der Waals surface area contributed by atoms with Crippen molar-refractivity contribution in [2.45, 2.75) is 46.1 Å². The van der Waals surface area contributed by atoms with Crippen molar-refractivity contribution in [2.75, 3.05) is 13.1 Å². The number of para-hydroxylation sites is 1. The number of benzene rings is 2. The molecular formula is C25H29ClN4O2. The van der Waals surface area contributed by atoms with E-state index in [0.717, 1.165) is 30.9 Å². The lowest BCUT2D eigenvalue weighted by Crippen LogP contribution is -2.44. The van der Waals surface area contributed by atoms with Gasteiger partial charge in [0, 0.05) is 26.2 Å². The molecule has 2 heterocycles. The molecule has 3 aromatic rings. The van der Waals surface area contributed by atoms with Crippen molar-refractivity contribution >= 4 is 17.5 Å². The molecule has 7 heteroatoms. The molecule has 0 radical (unpaired) electrons. The maximum Gasteiger partial charge on any atom is 0.256 e. The van der Waals surface area contributed by atoms with E-state index in [0.29, 0.717) is 23.0 Å². The molecule has 2 atom stereocenters. The highest BCUT2D eigenvalue weighted by Gasteiger charge is 2.22. The molecule has 2 unspecified atom stereocenters. The molecule has 0 bridgehead atoms. The van der Waals surface area contributed by atoms with E-state index in [1.165, 1.54) is 5.56 Å². The number of ether oxygens (including phenoxy) is 1. The molecule has 0 saturated carbocycles. The number of rotatable bonds is 6. The number of aromatic nitrogens is 2. The lowest BCUT2D eigenvalue weighted by Gasteiger charge is -2.35. The van der Waals surface area contributed by atoms with E-state index in [9.17, 15) is 4.79 Å². The van der Waals surface area contributed by atoms with Crippen LogP contribution in [0.5, 0.6) is 0 Å². The number of nitrogens with one attached hydrogen (secondary N) is 1. The lowest BCUT2D eigenvalue weighted by atomic mass is 10.1. The van der Waals surface area contributed by atoms with E-state index in [2.05, 4.69) is 53.4 Å². The molecule has 1 fully saturated rings. The summed E-state index contributed by atoms with van der Waals surface area (Å²) in [5.41, 5.74) is 4.11. The van der Waals surface area contributed by atoms with Crippen LogP contribution in [0.15, 0.2) is 54.6 Å². The van der Waals surface area contributed by atoms with E-state index in [1.807, 2.05) is 30.3 Å². The summed E-state index contributed by atoms with van der Waals surface area (Å²) in [6.07, 6.45) is 0.518. The highest BCUT2D eigenvalue weighted by molar-refractivity contribution is 6.33. The molecule has 4 rings (SSSR count). The highest BCUT2D eigenvalue weighted by Crippen LogP contribution is 2.23. The maximum absolute atomic E-state index is 12.8. The van der Waals surface area contributed by atoms with Gasteiger partial charge in [0.05, 0.1) is 29.2 Å². The fourth-order valence-electron chi connectivity index (χ4n) is 4.20. The van der Waals surface area contributed by atoms with Gasteiger partial charge in [0.1, 0.15) is 5.15 Å². The SMILES string of the molecule is Cc1nn(-c2ccccc2)c(Cl)c1C(=O)NCc1ccc(CN2CC(C)OC(C)C2)cc1. The van der Waals surface area contributed by atoms with Gasteiger partial charge in [-0.1, -0.05) is 54.1 Å². The second-order valence-corrected chi connectivity index (χ2v) is 8.81. The normalized spacial score (nSPS) is 19.1. The van der Waals surface area contributed by atoms with E-state index in [-0.39, 0.29) is 18.1 Å². The first-order valence-corrected chi connectivity index (χ1v) is 11.3. The second-order valence-electron chi connectivity index (χ2n) is 8.45. The molecular weight excluding hydrogens is 424 g/mol. The van der Waals surface area contributed by atoms with Crippen LogP contribution in [-0.2, 0) is 17.8 Å². The van der Waals surface area contributed by atoms with Gasteiger partial charge in [0.15, 0.2) is 0 Å². The number of nitrogens with zero attached hydrogens (tertiary/aromatic N) is 3. The summed E-state index contributed by atoms with van der Waals surface area (Å²) in [4.78, 5) is 15.2. The Morgan fingerprint density at radius 1 is 1.06 bits per heavy atom. The van der Waals surface area contributed by atoms with Crippen LogP contribution in [0.2, 0.25) is 5.15 Å². The molecule has 1 aliphatic heterocycles. The van der Waals surface area contributed by atoms with E-state index in [1.54, 1.807) is 11.6 Å². The van der Waals surface area contributed by atoms with Gasteiger partial charge in [0.25, 0.3) is 5.91 Å². The Morgan fingerprint density at radius 2 is 1.69 bits per heavy atom. The Kier molecular flexibility index (Phi) is 6.94. The smallest absolute Gasteiger partial charge is 0.256 e. The van der Waals surface area contributed by atoms with Crippen molar-refractivity contribution in [3.63, 3.8) is 0 Å². The van der Waals surface area contributed by atoms with Crippen LogP contribution in [0, 0.1) is 6.92 Å². The molecule has 32 heavy (non-hydrogen) atoms. The van der Waals surface area contributed by atoms with Crippen molar-refractivity contribution in [3.05, 3.63) is 82.1 Å². The quantitative estimate of drug-likeness (QED) is 0.603. The average Bonchev–Trinajstić information content (AvgIpc) is 3.07. The number of halogens is 1. The zero-order valence-electron chi connectivity index (χ0n) is 18.7. The van der Waals surface area contributed by atoms with Gasteiger partial charge in [-0.15, -0.1) is 0 Å². The summed E-state index contributed by atoms with van der Waals surface area (Å²) in [5, 5.41) is 7.73. The summed E-state index contributed by atoms with van der Waals surface area (Å²) in [6.45, 7) is 9.24.